The second-order valence-corrected chi connectivity index (χ2v) is 5.82. The van der Waals surface area contributed by atoms with Gasteiger partial charge in [0.1, 0.15) is 6.04 Å². The number of amides is 1. The Bertz CT molecular complexity index is 568. The minimum atomic E-state index is -0.487. The van der Waals surface area contributed by atoms with Gasteiger partial charge in [-0.3, -0.25) is 4.79 Å². The lowest BCUT2D eigenvalue weighted by atomic mass is 10.1. The number of nitrogens with one attached hydrogen (secondary N) is 1. The van der Waals surface area contributed by atoms with Crippen LogP contribution >= 0.6 is 27.3 Å². The van der Waals surface area contributed by atoms with Crippen molar-refractivity contribution in [2.24, 2.45) is 5.73 Å². The first-order chi connectivity index (χ1) is 8.58. The highest BCUT2D eigenvalue weighted by atomic mass is 79.9. The van der Waals surface area contributed by atoms with Crippen LogP contribution in [-0.4, -0.2) is 5.91 Å². The molecule has 3 N–H and O–H groups in total. The van der Waals surface area contributed by atoms with E-state index in [4.69, 9.17) is 5.73 Å². The molecule has 2 rings (SSSR count). The Morgan fingerprint density at radius 1 is 1.44 bits per heavy atom. The molecule has 1 aromatic heterocycles. The highest BCUT2D eigenvalue weighted by Crippen LogP contribution is 2.28. The van der Waals surface area contributed by atoms with Gasteiger partial charge in [0.2, 0.25) is 5.91 Å². The van der Waals surface area contributed by atoms with Gasteiger partial charge < -0.3 is 11.1 Å². The summed E-state index contributed by atoms with van der Waals surface area (Å²) < 4.78 is 0.957. The molecule has 1 unspecified atom stereocenters. The summed E-state index contributed by atoms with van der Waals surface area (Å²) >= 11 is 4.93. The fourth-order valence-electron chi connectivity index (χ4n) is 1.69. The summed E-state index contributed by atoms with van der Waals surface area (Å²) in [6.45, 7) is 1.98. The first-order valence-electron chi connectivity index (χ1n) is 5.43. The molecule has 0 aliphatic rings. The molecule has 0 aliphatic heterocycles. The molecule has 0 bridgehead atoms. The number of primary amides is 1. The number of benzene rings is 1. The molecule has 0 spiro atoms. The van der Waals surface area contributed by atoms with E-state index in [9.17, 15) is 4.79 Å². The molecule has 1 aromatic carbocycles. The lowest BCUT2D eigenvalue weighted by Crippen LogP contribution is -2.27. The first kappa shape index (κ1) is 13.1. The summed E-state index contributed by atoms with van der Waals surface area (Å²) in [6, 6.07) is 9.16. The SMILES string of the molecule is Cc1ccsc1C(Nc1cccc(Br)c1)C(N)=O. The second kappa shape index (κ2) is 5.54. The number of hydrogen-bond acceptors (Lipinski definition) is 3. The maximum Gasteiger partial charge on any atom is 0.245 e. The summed E-state index contributed by atoms with van der Waals surface area (Å²) in [5, 5.41) is 5.13. The fourth-order valence-corrected chi connectivity index (χ4v) is 3.07. The standard InChI is InChI=1S/C13H13BrN2OS/c1-8-5-6-18-12(8)11(13(15)17)16-10-4-2-3-9(14)7-10/h2-7,11,16H,1H3,(H2,15,17). The van der Waals surface area contributed by atoms with E-state index in [-0.39, 0.29) is 5.91 Å². The van der Waals surface area contributed by atoms with Gasteiger partial charge in [-0.25, -0.2) is 0 Å². The average Bonchev–Trinajstić information content (AvgIpc) is 2.72. The van der Waals surface area contributed by atoms with Crippen molar-refractivity contribution in [3.63, 3.8) is 0 Å². The van der Waals surface area contributed by atoms with Gasteiger partial charge in [-0.2, -0.15) is 0 Å². The fraction of sp³-hybridized carbons (Fsp3) is 0.154. The number of anilines is 1. The molecule has 3 nitrogen and oxygen atoms in total. The molecule has 5 heteroatoms. The van der Waals surface area contributed by atoms with E-state index in [1.54, 1.807) is 0 Å². The summed E-state index contributed by atoms with van der Waals surface area (Å²) in [5.74, 6) is -0.375. The Balaban J connectivity index is 2.28. The van der Waals surface area contributed by atoms with Crippen LogP contribution in [0.15, 0.2) is 40.2 Å². The third-order valence-electron chi connectivity index (χ3n) is 2.58. The van der Waals surface area contributed by atoms with Crippen LogP contribution in [0.25, 0.3) is 0 Å². The average molecular weight is 325 g/mol. The van der Waals surface area contributed by atoms with Crippen molar-refractivity contribution in [2.75, 3.05) is 5.32 Å². The summed E-state index contributed by atoms with van der Waals surface area (Å²) in [4.78, 5) is 12.6. The van der Waals surface area contributed by atoms with Crippen molar-refractivity contribution in [3.05, 3.63) is 50.6 Å². The smallest absolute Gasteiger partial charge is 0.245 e. The molecule has 18 heavy (non-hydrogen) atoms. The molecule has 0 saturated carbocycles. The van der Waals surface area contributed by atoms with Crippen molar-refractivity contribution in [2.45, 2.75) is 13.0 Å². The molecule has 2 aromatic rings. The third kappa shape index (κ3) is 2.91. The minimum absolute atomic E-state index is 0.375. The molecule has 1 heterocycles. The predicted molar refractivity (Wildman–Crippen MR) is 78.8 cm³/mol. The highest BCUT2D eigenvalue weighted by Gasteiger charge is 2.20. The largest absolute Gasteiger partial charge is 0.369 e. The van der Waals surface area contributed by atoms with Gasteiger partial charge in [0.05, 0.1) is 0 Å². The number of nitrogens with two attached hydrogens (primary N) is 1. The highest BCUT2D eigenvalue weighted by molar-refractivity contribution is 9.10. The zero-order valence-electron chi connectivity index (χ0n) is 9.81. The number of rotatable bonds is 4. The molecular formula is C13H13BrN2OS. The van der Waals surface area contributed by atoms with Crippen molar-refractivity contribution < 1.29 is 4.79 Å². The van der Waals surface area contributed by atoms with Crippen LogP contribution < -0.4 is 11.1 Å². The van der Waals surface area contributed by atoms with Crippen molar-refractivity contribution >= 4 is 38.9 Å². The van der Waals surface area contributed by atoms with Crippen LogP contribution in [0.5, 0.6) is 0 Å². The molecule has 0 aliphatic carbocycles. The summed E-state index contributed by atoms with van der Waals surface area (Å²) in [7, 11) is 0. The topological polar surface area (TPSA) is 55.1 Å². The normalized spacial score (nSPS) is 12.1. The molecule has 1 amide bonds. The third-order valence-corrected chi connectivity index (χ3v) is 4.16. The molecule has 94 valence electrons. The number of aryl methyl sites for hydroxylation is 1. The van der Waals surface area contributed by atoms with E-state index in [0.29, 0.717) is 0 Å². The van der Waals surface area contributed by atoms with Crippen molar-refractivity contribution in [3.8, 4) is 0 Å². The number of thiophene rings is 1. The summed E-state index contributed by atoms with van der Waals surface area (Å²) in [6.07, 6.45) is 0. The van der Waals surface area contributed by atoms with Crippen LogP contribution in [0.3, 0.4) is 0 Å². The van der Waals surface area contributed by atoms with Gasteiger partial charge in [-0.1, -0.05) is 22.0 Å². The Morgan fingerprint density at radius 3 is 2.78 bits per heavy atom. The van der Waals surface area contributed by atoms with Gasteiger partial charge >= 0.3 is 0 Å². The van der Waals surface area contributed by atoms with Crippen LogP contribution in [0.4, 0.5) is 5.69 Å². The lowest BCUT2D eigenvalue weighted by Gasteiger charge is -2.16. The molecular weight excluding hydrogens is 312 g/mol. The van der Waals surface area contributed by atoms with Gasteiger partial charge in [0.25, 0.3) is 0 Å². The van der Waals surface area contributed by atoms with Gasteiger partial charge in [0.15, 0.2) is 0 Å². The van der Waals surface area contributed by atoms with Crippen LogP contribution in [0.2, 0.25) is 0 Å². The maximum atomic E-state index is 11.6. The number of hydrogen-bond donors (Lipinski definition) is 2. The van der Waals surface area contributed by atoms with E-state index in [1.807, 2.05) is 42.6 Å². The molecule has 0 radical (unpaired) electrons. The predicted octanol–water partition coefficient (Wildman–Crippen LogP) is 3.46. The van der Waals surface area contributed by atoms with Crippen LogP contribution in [-0.2, 0) is 4.79 Å². The van der Waals surface area contributed by atoms with E-state index in [1.165, 1.54) is 11.3 Å². The van der Waals surface area contributed by atoms with Crippen molar-refractivity contribution in [1.29, 1.82) is 0 Å². The number of halogens is 1. The van der Waals surface area contributed by atoms with Crippen LogP contribution in [0.1, 0.15) is 16.5 Å². The zero-order chi connectivity index (χ0) is 13.1. The van der Waals surface area contributed by atoms with Gasteiger partial charge in [0, 0.05) is 15.0 Å². The van der Waals surface area contributed by atoms with Gasteiger partial charge in [-0.05, 0) is 42.1 Å². The lowest BCUT2D eigenvalue weighted by molar-refractivity contribution is -0.118. The molecule has 0 saturated heterocycles. The van der Waals surface area contributed by atoms with E-state index in [0.717, 1.165) is 20.6 Å². The molecule has 0 fully saturated rings. The first-order valence-corrected chi connectivity index (χ1v) is 7.10. The van der Waals surface area contributed by atoms with E-state index < -0.39 is 6.04 Å². The minimum Gasteiger partial charge on any atom is -0.369 e. The molecule has 1 atom stereocenters. The van der Waals surface area contributed by atoms with E-state index >= 15 is 0 Å². The van der Waals surface area contributed by atoms with Crippen LogP contribution in [0, 0.1) is 6.92 Å². The Labute approximate surface area is 118 Å². The van der Waals surface area contributed by atoms with E-state index in [2.05, 4.69) is 21.2 Å². The Hall–Kier alpha value is -1.33. The number of carbonyl (C=O) groups excluding carboxylic acids is 1. The monoisotopic (exact) mass is 324 g/mol. The Kier molecular flexibility index (Phi) is 4.04. The Morgan fingerprint density at radius 2 is 2.22 bits per heavy atom. The zero-order valence-corrected chi connectivity index (χ0v) is 12.2. The number of carbonyl (C=O) groups is 1. The van der Waals surface area contributed by atoms with Crippen molar-refractivity contribution in [1.82, 2.24) is 0 Å². The summed E-state index contributed by atoms with van der Waals surface area (Å²) in [5.41, 5.74) is 7.41. The second-order valence-electron chi connectivity index (χ2n) is 3.96. The maximum absolute atomic E-state index is 11.6. The quantitative estimate of drug-likeness (QED) is 0.904. The van der Waals surface area contributed by atoms with Gasteiger partial charge in [-0.15, -0.1) is 11.3 Å².